The lowest BCUT2D eigenvalue weighted by atomic mass is 9.71. The standard InChI is InChI=1S/C9H16O/c1-7(10)9(5-6-9)8-3-2-4-8/h7-8,10H,2-6H2,1H3. The Morgan fingerprint density at radius 2 is 2.00 bits per heavy atom. The van der Waals surface area contributed by atoms with E-state index in [4.69, 9.17) is 0 Å². The second-order valence-corrected chi connectivity index (χ2v) is 4.04. The molecule has 1 nitrogen and oxygen atoms in total. The highest BCUT2D eigenvalue weighted by molar-refractivity contribution is 5.04. The Morgan fingerprint density at radius 1 is 1.40 bits per heavy atom. The van der Waals surface area contributed by atoms with Crippen LogP contribution < -0.4 is 0 Å². The number of aliphatic hydroxyl groups excluding tert-OH is 1. The van der Waals surface area contributed by atoms with Crippen molar-refractivity contribution in [2.45, 2.75) is 45.1 Å². The first-order valence-electron chi connectivity index (χ1n) is 4.44. The van der Waals surface area contributed by atoms with Gasteiger partial charge in [0.2, 0.25) is 0 Å². The van der Waals surface area contributed by atoms with Crippen molar-refractivity contribution in [3.8, 4) is 0 Å². The maximum Gasteiger partial charge on any atom is 0.0570 e. The maximum absolute atomic E-state index is 9.48. The van der Waals surface area contributed by atoms with Crippen LogP contribution in [0.3, 0.4) is 0 Å². The Hall–Kier alpha value is -0.0400. The van der Waals surface area contributed by atoms with Gasteiger partial charge in [0.05, 0.1) is 6.10 Å². The van der Waals surface area contributed by atoms with E-state index in [1.54, 1.807) is 0 Å². The minimum atomic E-state index is -0.0437. The maximum atomic E-state index is 9.48. The van der Waals surface area contributed by atoms with E-state index in [-0.39, 0.29) is 6.10 Å². The predicted octanol–water partition coefficient (Wildman–Crippen LogP) is 1.95. The zero-order chi connectivity index (χ0) is 7.19. The first-order valence-corrected chi connectivity index (χ1v) is 4.44. The summed E-state index contributed by atoms with van der Waals surface area (Å²) in [7, 11) is 0. The van der Waals surface area contributed by atoms with Gasteiger partial charge in [-0.3, -0.25) is 0 Å². The molecule has 0 aromatic carbocycles. The van der Waals surface area contributed by atoms with Gasteiger partial charge in [-0.15, -0.1) is 0 Å². The molecule has 0 saturated heterocycles. The van der Waals surface area contributed by atoms with Gasteiger partial charge in [0.1, 0.15) is 0 Å². The van der Waals surface area contributed by atoms with Crippen molar-refractivity contribution >= 4 is 0 Å². The van der Waals surface area contributed by atoms with Crippen LogP contribution in [-0.4, -0.2) is 11.2 Å². The first-order chi connectivity index (χ1) is 4.76. The van der Waals surface area contributed by atoms with Crippen LogP contribution in [0.25, 0.3) is 0 Å². The lowest BCUT2D eigenvalue weighted by Gasteiger charge is -2.36. The molecule has 1 N–H and O–H groups in total. The van der Waals surface area contributed by atoms with E-state index in [9.17, 15) is 5.11 Å². The third-order valence-corrected chi connectivity index (χ3v) is 3.58. The summed E-state index contributed by atoms with van der Waals surface area (Å²) in [5, 5.41) is 9.48. The summed E-state index contributed by atoms with van der Waals surface area (Å²) >= 11 is 0. The minimum absolute atomic E-state index is 0.0437. The average molecular weight is 140 g/mol. The Kier molecular flexibility index (Phi) is 1.31. The molecule has 0 aromatic rings. The second-order valence-electron chi connectivity index (χ2n) is 4.04. The molecule has 0 aliphatic heterocycles. The normalized spacial score (nSPS) is 33.0. The molecule has 2 saturated carbocycles. The first kappa shape index (κ1) is 6.66. The Balaban J connectivity index is 2.00. The fourth-order valence-corrected chi connectivity index (χ4v) is 2.29. The molecule has 2 fully saturated rings. The van der Waals surface area contributed by atoms with Gasteiger partial charge in [-0.2, -0.15) is 0 Å². The fourth-order valence-electron chi connectivity index (χ4n) is 2.29. The lowest BCUT2D eigenvalue weighted by molar-refractivity contribution is 0.0370. The van der Waals surface area contributed by atoms with E-state index >= 15 is 0 Å². The number of aliphatic hydroxyl groups is 1. The Bertz CT molecular complexity index is 132. The third-order valence-electron chi connectivity index (χ3n) is 3.58. The van der Waals surface area contributed by atoms with Crippen molar-refractivity contribution < 1.29 is 5.11 Å². The average Bonchev–Trinajstić information content (AvgIpc) is 2.41. The molecular weight excluding hydrogens is 124 g/mol. The summed E-state index contributed by atoms with van der Waals surface area (Å²) in [4.78, 5) is 0. The molecule has 0 radical (unpaired) electrons. The topological polar surface area (TPSA) is 20.2 Å². The molecular formula is C9H16O. The highest BCUT2D eigenvalue weighted by atomic mass is 16.3. The zero-order valence-corrected chi connectivity index (χ0v) is 6.64. The molecule has 1 unspecified atom stereocenters. The summed E-state index contributed by atoms with van der Waals surface area (Å²) in [5.41, 5.74) is 0.401. The van der Waals surface area contributed by atoms with Gasteiger partial charge in [0, 0.05) is 0 Å². The highest BCUT2D eigenvalue weighted by Crippen LogP contribution is 2.60. The van der Waals surface area contributed by atoms with Crippen LogP contribution in [0, 0.1) is 11.3 Å². The molecule has 0 heterocycles. The second kappa shape index (κ2) is 1.97. The molecule has 58 valence electrons. The smallest absolute Gasteiger partial charge is 0.0570 e. The molecule has 1 heteroatoms. The van der Waals surface area contributed by atoms with Crippen molar-refractivity contribution in [3.63, 3.8) is 0 Å². The molecule has 10 heavy (non-hydrogen) atoms. The van der Waals surface area contributed by atoms with Crippen LogP contribution in [0.1, 0.15) is 39.0 Å². The number of rotatable bonds is 2. The quantitative estimate of drug-likeness (QED) is 0.621. The van der Waals surface area contributed by atoms with Crippen molar-refractivity contribution in [1.82, 2.24) is 0 Å². The molecule has 0 amide bonds. The van der Waals surface area contributed by atoms with E-state index in [0.717, 1.165) is 5.92 Å². The molecule has 1 atom stereocenters. The van der Waals surface area contributed by atoms with E-state index < -0.39 is 0 Å². The van der Waals surface area contributed by atoms with Gasteiger partial charge in [-0.05, 0) is 43.9 Å². The van der Waals surface area contributed by atoms with Crippen LogP contribution in [0.5, 0.6) is 0 Å². The van der Waals surface area contributed by atoms with Crippen LogP contribution >= 0.6 is 0 Å². The van der Waals surface area contributed by atoms with Crippen molar-refractivity contribution in [2.75, 3.05) is 0 Å². The van der Waals surface area contributed by atoms with Crippen molar-refractivity contribution in [2.24, 2.45) is 11.3 Å². The van der Waals surface area contributed by atoms with Gasteiger partial charge in [-0.25, -0.2) is 0 Å². The van der Waals surface area contributed by atoms with Gasteiger partial charge in [0.25, 0.3) is 0 Å². The van der Waals surface area contributed by atoms with Crippen LogP contribution in [0.15, 0.2) is 0 Å². The van der Waals surface area contributed by atoms with Crippen molar-refractivity contribution in [3.05, 3.63) is 0 Å². The summed E-state index contributed by atoms with van der Waals surface area (Å²) in [6, 6.07) is 0. The van der Waals surface area contributed by atoms with E-state index in [2.05, 4.69) is 0 Å². The summed E-state index contributed by atoms with van der Waals surface area (Å²) in [6.07, 6.45) is 6.69. The zero-order valence-electron chi connectivity index (χ0n) is 6.64. The molecule has 2 aliphatic rings. The summed E-state index contributed by atoms with van der Waals surface area (Å²) < 4.78 is 0. The minimum Gasteiger partial charge on any atom is -0.393 e. The predicted molar refractivity (Wildman–Crippen MR) is 40.7 cm³/mol. The Labute approximate surface area is 62.4 Å². The fraction of sp³-hybridized carbons (Fsp3) is 1.00. The third kappa shape index (κ3) is 0.731. The summed E-state index contributed by atoms with van der Waals surface area (Å²) in [6.45, 7) is 1.96. The van der Waals surface area contributed by atoms with Gasteiger partial charge in [-0.1, -0.05) is 6.42 Å². The number of hydrogen-bond donors (Lipinski definition) is 1. The lowest BCUT2D eigenvalue weighted by Crippen LogP contribution is -2.31. The van der Waals surface area contributed by atoms with Crippen LogP contribution in [0.2, 0.25) is 0 Å². The highest BCUT2D eigenvalue weighted by Gasteiger charge is 2.53. The van der Waals surface area contributed by atoms with Gasteiger partial charge >= 0.3 is 0 Å². The molecule has 0 aromatic heterocycles. The summed E-state index contributed by atoms with van der Waals surface area (Å²) in [5.74, 6) is 0.882. The van der Waals surface area contributed by atoms with Crippen LogP contribution in [-0.2, 0) is 0 Å². The molecule has 2 rings (SSSR count). The van der Waals surface area contributed by atoms with E-state index in [1.165, 1.54) is 32.1 Å². The SMILES string of the molecule is CC(O)C1(C2CCC2)CC1. The molecule has 0 spiro atoms. The van der Waals surface area contributed by atoms with E-state index in [0.29, 0.717) is 5.41 Å². The Morgan fingerprint density at radius 3 is 2.10 bits per heavy atom. The van der Waals surface area contributed by atoms with Gasteiger partial charge < -0.3 is 5.11 Å². The molecule has 2 aliphatic carbocycles. The van der Waals surface area contributed by atoms with Crippen LogP contribution in [0.4, 0.5) is 0 Å². The monoisotopic (exact) mass is 140 g/mol. The largest absolute Gasteiger partial charge is 0.393 e. The van der Waals surface area contributed by atoms with Gasteiger partial charge in [0.15, 0.2) is 0 Å². The van der Waals surface area contributed by atoms with E-state index in [1.807, 2.05) is 6.92 Å². The van der Waals surface area contributed by atoms with Crippen molar-refractivity contribution in [1.29, 1.82) is 0 Å². The number of hydrogen-bond acceptors (Lipinski definition) is 1. The molecule has 0 bridgehead atoms.